The number of aryl methyl sites for hydroxylation is 1. The third kappa shape index (κ3) is 4.20. The number of amides is 1. The third-order valence-electron chi connectivity index (χ3n) is 3.73. The van der Waals surface area contributed by atoms with Crippen molar-refractivity contribution in [2.45, 2.75) is 20.0 Å². The van der Waals surface area contributed by atoms with Crippen LogP contribution in [0, 0.1) is 17.0 Å². The zero-order chi connectivity index (χ0) is 18.6. The molecule has 0 spiro atoms. The van der Waals surface area contributed by atoms with E-state index in [2.05, 4.69) is 0 Å². The van der Waals surface area contributed by atoms with Crippen LogP contribution in [0.15, 0.2) is 48.5 Å². The number of nitrogens with zero attached hydrogens (tertiary/aromatic N) is 2. The van der Waals surface area contributed by atoms with E-state index in [0.717, 1.165) is 0 Å². The van der Waals surface area contributed by atoms with E-state index < -0.39 is 17.0 Å². The van der Waals surface area contributed by atoms with Crippen LogP contribution in [0.3, 0.4) is 0 Å². The molecule has 7 nitrogen and oxygen atoms in total. The van der Waals surface area contributed by atoms with Gasteiger partial charge in [0.2, 0.25) is 0 Å². The highest BCUT2D eigenvalue weighted by atomic mass is 16.6. The molecule has 0 heterocycles. The average molecular weight is 342 g/mol. The number of nitro groups is 1. The maximum Gasteiger partial charge on any atom is 0.338 e. The molecule has 1 atom stereocenters. The normalized spacial score (nSPS) is 11.5. The molecule has 0 aliphatic carbocycles. The number of esters is 1. The molecule has 0 aromatic heterocycles. The van der Waals surface area contributed by atoms with Crippen LogP contribution in [0.4, 0.5) is 11.4 Å². The minimum absolute atomic E-state index is 0.0792. The summed E-state index contributed by atoms with van der Waals surface area (Å²) < 4.78 is 5.20. The molecule has 0 unspecified atom stereocenters. The fraction of sp³-hybridized carbons (Fsp3) is 0.222. The summed E-state index contributed by atoms with van der Waals surface area (Å²) in [5.41, 5.74) is 1.11. The Morgan fingerprint density at radius 1 is 1.16 bits per heavy atom. The molecule has 0 saturated carbocycles. The minimum Gasteiger partial charge on any atom is -0.449 e. The number of carbonyl (C=O) groups excluding carboxylic acids is 2. The Balaban J connectivity index is 2.08. The molecule has 25 heavy (non-hydrogen) atoms. The Labute approximate surface area is 145 Å². The Morgan fingerprint density at radius 3 is 2.36 bits per heavy atom. The number of anilines is 1. The lowest BCUT2D eigenvalue weighted by atomic mass is 10.1. The third-order valence-corrected chi connectivity index (χ3v) is 3.73. The molecular formula is C18H18N2O5. The van der Waals surface area contributed by atoms with Gasteiger partial charge in [0.1, 0.15) is 0 Å². The molecule has 0 aliphatic rings. The highest BCUT2D eigenvalue weighted by Gasteiger charge is 2.24. The second-order valence-electron chi connectivity index (χ2n) is 5.54. The van der Waals surface area contributed by atoms with Gasteiger partial charge in [-0.05, 0) is 38.1 Å². The van der Waals surface area contributed by atoms with E-state index in [-0.39, 0.29) is 17.2 Å². The minimum atomic E-state index is -0.992. The number of hydrogen-bond donors (Lipinski definition) is 0. The van der Waals surface area contributed by atoms with Gasteiger partial charge in [-0.15, -0.1) is 0 Å². The first-order valence-corrected chi connectivity index (χ1v) is 7.60. The van der Waals surface area contributed by atoms with Gasteiger partial charge in [-0.1, -0.05) is 18.2 Å². The molecule has 0 aliphatic heterocycles. The van der Waals surface area contributed by atoms with Gasteiger partial charge in [-0.2, -0.15) is 0 Å². The molecule has 2 aromatic rings. The zero-order valence-corrected chi connectivity index (χ0v) is 14.1. The van der Waals surface area contributed by atoms with E-state index in [0.29, 0.717) is 11.3 Å². The topological polar surface area (TPSA) is 89.8 Å². The summed E-state index contributed by atoms with van der Waals surface area (Å²) >= 11 is 0. The van der Waals surface area contributed by atoms with E-state index in [1.165, 1.54) is 36.9 Å². The Hall–Kier alpha value is -3.22. The van der Waals surface area contributed by atoms with Crippen molar-refractivity contribution >= 4 is 23.3 Å². The van der Waals surface area contributed by atoms with Crippen molar-refractivity contribution in [3.8, 4) is 0 Å². The number of rotatable bonds is 5. The number of carbonyl (C=O) groups is 2. The maximum absolute atomic E-state index is 12.4. The lowest BCUT2D eigenvalue weighted by molar-refractivity contribution is -0.385. The molecule has 0 bridgehead atoms. The Kier molecular flexibility index (Phi) is 5.49. The number of ether oxygens (including phenoxy) is 1. The largest absolute Gasteiger partial charge is 0.449 e. The van der Waals surface area contributed by atoms with E-state index in [1.54, 1.807) is 31.3 Å². The van der Waals surface area contributed by atoms with Crippen molar-refractivity contribution in [2.75, 3.05) is 11.9 Å². The lowest BCUT2D eigenvalue weighted by Gasteiger charge is -2.21. The van der Waals surface area contributed by atoms with Gasteiger partial charge in [0, 0.05) is 24.4 Å². The first kappa shape index (κ1) is 18.1. The summed E-state index contributed by atoms with van der Waals surface area (Å²) in [6.45, 7) is 3.02. The number of para-hydroxylation sites is 1. The Bertz CT molecular complexity index is 804. The summed E-state index contributed by atoms with van der Waals surface area (Å²) in [6, 6.07) is 12.9. The van der Waals surface area contributed by atoms with Crippen molar-refractivity contribution in [1.82, 2.24) is 0 Å². The second kappa shape index (κ2) is 7.57. The predicted octanol–water partition coefficient (Wildman–Crippen LogP) is 3.11. The molecule has 130 valence electrons. The van der Waals surface area contributed by atoms with E-state index in [4.69, 9.17) is 4.74 Å². The standard InChI is InChI=1S/C18H18N2O5/c1-12-11-14(9-10-16(12)20(23)24)18(22)25-13(2)17(21)19(3)15-7-5-4-6-8-15/h4-11,13H,1-3H3/t13-/m1/s1. The van der Waals surface area contributed by atoms with Crippen LogP contribution in [0.1, 0.15) is 22.8 Å². The van der Waals surface area contributed by atoms with Crippen molar-refractivity contribution in [2.24, 2.45) is 0 Å². The van der Waals surface area contributed by atoms with Gasteiger partial charge in [0.05, 0.1) is 10.5 Å². The van der Waals surface area contributed by atoms with Crippen LogP contribution in [0.5, 0.6) is 0 Å². The van der Waals surface area contributed by atoms with E-state index in [1.807, 2.05) is 6.07 Å². The van der Waals surface area contributed by atoms with Crippen molar-refractivity contribution < 1.29 is 19.2 Å². The summed E-state index contributed by atoms with van der Waals surface area (Å²) in [5.74, 6) is -1.08. The molecule has 2 rings (SSSR count). The first-order chi connectivity index (χ1) is 11.8. The number of likely N-dealkylation sites (N-methyl/N-ethyl adjacent to an activating group) is 1. The summed E-state index contributed by atoms with van der Waals surface area (Å²) in [4.78, 5) is 36.3. The van der Waals surface area contributed by atoms with Crippen LogP contribution in [0.25, 0.3) is 0 Å². The number of nitro benzene ring substituents is 1. The van der Waals surface area contributed by atoms with Gasteiger partial charge in [0.15, 0.2) is 6.10 Å². The summed E-state index contributed by atoms with van der Waals surface area (Å²) in [5, 5.41) is 10.8. The van der Waals surface area contributed by atoms with Crippen LogP contribution in [-0.4, -0.2) is 30.0 Å². The van der Waals surface area contributed by atoms with Gasteiger partial charge in [-0.25, -0.2) is 4.79 Å². The van der Waals surface area contributed by atoms with E-state index >= 15 is 0 Å². The molecule has 0 radical (unpaired) electrons. The summed E-state index contributed by atoms with van der Waals surface area (Å²) in [6.07, 6.45) is -0.992. The van der Waals surface area contributed by atoms with Crippen LogP contribution in [0.2, 0.25) is 0 Å². The Morgan fingerprint density at radius 2 is 1.80 bits per heavy atom. The van der Waals surface area contributed by atoms with Gasteiger partial charge in [0.25, 0.3) is 11.6 Å². The van der Waals surface area contributed by atoms with Gasteiger partial charge < -0.3 is 9.64 Å². The lowest BCUT2D eigenvalue weighted by Crippen LogP contribution is -2.37. The van der Waals surface area contributed by atoms with Crippen LogP contribution in [-0.2, 0) is 9.53 Å². The number of benzene rings is 2. The van der Waals surface area contributed by atoms with Crippen molar-refractivity contribution in [3.05, 3.63) is 69.8 Å². The predicted molar refractivity (Wildman–Crippen MR) is 92.6 cm³/mol. The smallest absolute Gasteiger partial charge is 0.338 e. The molecule has 2 aromatic carbocycles. The van der Waals surface area contributed by atoms with Crippen molar-refractivity contribution in [3.63, 3.8) is 0 Å². The quantitative estimate of drug-likeness (QED) is 0.473. The zero-order valence-electron chi connectivity index (χ0n) is 14.1. The van der Waals surface area contributed by atoms with Crippen LogP contribution >= 0.6 is 0 Å². The monoisotopic (exact) mass is 342 g/mol. The number of hydrogen-bond acceptors (Lipinski definition) is 5. The maximum atomic E-state index is 12.4. The highest BCUT2D eigenvalue weighted by Crippen LogP contribution is 2.20. The van der Waals surface area contributed by atoms with Gasteiger partial charge >= 0.3 is 5.97 Å². The summed E-state index contributed by atoms with van der Waals surface area (Å²) in [7, 11) is 1.60. The van der Waals surface area contributed by atoms with Crippen LogP contribution < -0.4 is 4.90 Å². The fourth-order valence-electron chi connectivity index (χ4n) is 2.32. The van der Waals surface area contributed by atoms with Gasteiger partial charge in [-0.3, -0.25) is 14.9 Å². The molecule has 1 amide bonds. The molecule has 0 N–H and O–H groups in total. The first-order valence-electron chi connectivity index (χ1n) is 7.60. The van der Waals surface area contributed by atoms with Crippen molar-refractivity contribution in [1.29, 1.82) is 0 Å². The second-order valence-corrected chi connectivity index (χ2v) is 5.54. The molecule has 0 fully saturated rings. The fourth-order valence-corrected chi connectivity index (χ4v) is 2.32. The SMILES string of the molecule is Cc1cc(C(=O)O[C@H](C)C(=O)N(C)c2ccccc2)ccc1[N+](=O)[O-]. The molecular weight excluding hydrogens is 324 g/mol. The molecule has 0 saturated heterocycles. The van der Waals surface area contributed by atoms with E-state index in [9.17, 15) is 19.7 Å². The average Bonchev–Trinajstić information content (AvgIpc) is 2.60. The highest BCUT2D eigenvalue weighted by molar-refractivity contribution is 5.98. The molecule has 7 heteroatoms.